The molecule has 0 aromatic carbocycles. The Labute approximate surface area is 137 Å². The normalized spacial score (nSPS) is 11.4. The third-order valence-electron chi connectivity index (χ3n) is 2.83. The zero-order valence-electron chi connectivity index (χ0n) is 13.0. The van der Waals surface area contributed by atoms with E-state index in [2.05, 4.69) is 25.3 Å². The average Bonchev–Trinajstić information content (AvgIpc) is 3.24. The lowest BCUT2D eigenvalue weighted by Gasteiger charge is -2.02. The number of rotatable bonds is 6. The maximum atomic E-state index is 5.45. The van der Waals surface area contributed by atoms with Gasteiger partial charge in [0.15, 0.2) is 0 Å². The maximum Gasteiger partial charge on any atom is 0.265 e. The predicted octanol–water partition coefficient (Wildman–Crippen LogP) is 2.62. The van der Waals surface area contributed by atoms with Crippen LogP contribution in [-0.2, 0) is 5.75 Å². The summed E-state index contributed by atoms with van der Waals surface area (Å²) < 4.78 is 10.6. The highest BCUT2D eigenvalue weighted by Gasteiger charge is 2.10. The predicted molar refractivity (Wildman–Crippen MR) is 86.9 cm³/mol. The minimum Gasteiger partial charge on any atom is -0.462 e. The fourth-order valence-corrected chi connectivity index (χ4v) is 2.36. The molecule has 0 atom stereocenters. The topological polar surface area (TPSA) is 96.9 Å². The van der Waals surface area contributed by atoms with Gasteiger partial charge < -0.3 is 13.8 Å². The summed E-state index contributed by atoms with van der Waals surface area (Å²) in [5.74, 6) is 3.89. The van der Waals surface area contributed by atoms with Crippen molar-refractivity contribution in [2.24, 2.45) is 0 Å². The van der Waals surface area contributed by atoms with Gasteiger partial charge in [0, 0.05) is 14.1 Å². The van der Waals surface area contributed by atoms with Gasteiger partial charge in [-0.1, -0.05) is 11.8 Å². The van der Waals surface area contributed by atoms with Crippen LogP contribution in [0.5, 0.6) is 0 Å². The van der Waals surface area contributed by atoms with Crippen LogP contribution in [0.1, 0.15) is 23.2 Å². The van der Waals surface area contributed by atoms with E-state index in [-0.39, 0.29) is 0 Å². The molecule has 0 unspecified atom stereocenters. The van der Waals surface area contributed by atoms with Crippen molar-refractivity contribution in [2.45, 2.75) is 17.8 Å². The number of furan rings is 1. The average molecular weight is 332 g/mol. The largest absolute Gasteiger partial charge is 0.462 e. The molecule has 0 saturated heterocycles. The molecule has 0 aliphatic heterocycles. The highest BCUT2D eigenvalue weighted by Crippen LogP contribution is 2.19. The monoisotopic (exact) mass is 332 g/mol. The van der Waals surface area contributed by atoms with E-state index >= 15 is 0 Å². The van der Waals surface area contributed by atoms with Gasteiger partial charge in [-0.15, -0.1) is 5.10 Å². The molecule has 0 radical (unpaired) electrons. The van der Waals surface area contributed by atoms with E-state index in [4.69, 9.17) is 8.94 Å². The quantitative estimate of drug-likeness (QED) is 0.688. The molecule has 3 rings (SSSR count). The minimum atomic E-state index is 0.513. The summed E-state index contributed by atoms with van der Waals surface area (Å²) in [6.45, 7) is 1.90. The molecular weight excluding hydrogens is 316 g/mol. The van der Waals surface area contributed by atoms with Crippen molar-refractivity contribution in [1.82, 2.24) is 25.3 Å². The van der Waals surface area contributed by atoms with Gasteiger partial charge in [0.1, 0.15) is 17.3 Å². The van der Waals surface area contributed by atoms with Crippen LogP contribution in [0.4, 0.5) is 5.95 Å². The number of aromatic amines is 1. The molecule has 0 amide bonds. The van der Waals surface area contributed by atoms with Gasteiger partial charge in [-0.05, 0) is 36.4 Å². The van der Waals surface area contributed by atoms with Crippen LogP contribution in [0.25, 0.3) is 12.2 Å². The van der Waals surface area contributed by atoms with E-state index in [1.54, 1.807) is 4.90 Å². The Morgan fingerprint density at radius 3 is 2.83 bits per heavy atom. The summed E-state index contributed by atoms with van der Waals surface area (Å²) in [6.07, 6.45) is 3.65. The standard InChI is InChI=1S/C14H16N6O2S/c1-9-4-5-10(21-9)6-7-11-15-14(18-17-11)23-8-12-16-13(19-22-12)20(2)3/h4-7H,8H2,1-3H3,(H,15,17,18). The lowest BCUT2D eigenvalue weighted by Crippen LogP contribution is -2.10. The maximum absolute atomic E-state index is 5.45. The zero-order valence-corrected chi connectivity index (χ0v) is 13.8. The number of hydrogen-bond acceptors (Lipinski definition) is 8. The van der Waals surface area contributed by atoms with Crippen molar-refractivity contribution in [3.8, 4) is 0 Å². The third kappa shape index (κ3) is 4.01. The van der Waals surface area contributed by atoms with Gasteiger partial charge in [-0.3, -0.25) is 5.10 Å². The molecular formula is C14H16N6O2S. The molecule has 9 heteroatoms. The first-order chi connectivity index (χ1) is 11.1. The van der Waals surface area contributed by atoms with Crippen molar-refractivity contribution in [3.63, 3.8) is 0 Å². The van der Waals surface area contributed by atoms with Gasteiger partial charge in [0.2, 0.25) is 11.0 Å². The smallest absolute Gasteiger partial charge is 0.265 e. The first-order valence-electron chi connectivity index (χ1n) is 6.90. The molecule has 3 heterocycles. The van der Waals surface area contributed by atoms with E-state index in [0.717, 1.165) is 11.5 Å². The number of nitrogens with one attached hydrogen (secondary N) is 1. The molecule has 0 bridgehead atoms. The summed E-state index contributed by atoms with van der Waals surface area (Å²) in [5, 5.41) is 11.5. The van der Waals surface area contributed by atoms with Crippen LogP contribution in [0.2, 0.25) is 0 Å². The van der Waals surface area contributed by atoms with Crippen molar-refractivity contribution in [2.75, 3.05) is 19.0 Å². The summed E-state index contributed by atoms with van der Waals surface area (Å²) >= 11 is 1.42. The number of H-pyrrole nitrogens is 1. The number of aryl methyl sites for hydroxylation is 1. The lowest BCUT2D eigenvalue weighted by atomic mass is 10.4. The molecule has 0 aliphatic carbocycles. The highest BCUT2D eigenvalue weighted by molar-refractivity contribution is 7.98. The Morgan fingerprint density at radius 1 is 1.26 bits per heavy atom. The van der Waals surface area contributed by atoms with E-state index < -0.39 is 0 Å². The van der Waals surface area contributed by atoms with Crippen molar-refractivity contribution < 1.29 is 8.94 Å². The van der Waals surface area contributed by atoms with E-state index in [1.807, 2.05) is 45.3 Å². The van der Waals surface area contributed by atoms with Crippen LogP contribution in [0.3, 0.4) is 0 Å². The van der Waals surface area contributed by atoms with Crippen molar-refractivity contribution >= 4 is 29.9 Å². The van der Waals surface area contributed by atoms with Crippen LogP contribution in [-0.4, -0.2) is 39.4 Å². The first-order valence-corrected chi connectivity index (χ1v) is 7.88. The first kappa shape index (κ1) is 15.3. The second-order valence-electron chi connectivity index (χ2n) is 4.96. The number of anilines is 1. The molecule has 23 heavy (non-hydrogen) atoms. The van der Waals surface area contributed by atoms with Crippen LogP contribution in [0.15, 0.2) is 26.2 Å². The molecule has 120 valence electrons. The van der Waals surface area contributed by atoms with Gasteiger partial charge >= 0.3 is 0 Å². The summed E-state index contributed by atoms with van der Waals surface area (Å²) in [6, 6.07) is 3.81. The molecule has 1 N–H and O–H groups in total. The number of nitrogens with zero attached hydrogens (tertiary/aromatic N) is 5. The van der Waals surface area contributed by atoms with E-state index in [1.165, 1.54) is 11.8 Å². The van der Waals surface area contributed by atoms with Crippen LogP contribution < -0.4 is 4.90 Å². The SMILES string of the molecule is Cc1ccc(C=Cc2nc(SCc3nc(N(C)C)no3)n[nH]2)o1. The van der Waals surface area contributed by atoms with E-state index in [0.29, 0.717) is 28.6 Å². The third-order valence-corrected chi connectivity index (χ3v) is 3.66. The Kier molecular flexibility index (Phi) is 4.47. The number of hydrogen-bond donors (Lipinski definition) is 1. The zero-order chi connectivity index (χ0) is 16.2. The van der Waals surface area contributed by atoms with Gasteiger partial charge in [0.25, 0.3) is 5.95 Å². The molecule has 0 saturated carbocycles. The van der Waals surface area contributed by atoms with Crippen molar-refractivity contribution in [1.29, 1.82) is 0 Å². The second kappa shape index (κ2) is 6.69. The number of thioether (sulfide) groups is 1. The molecule has 0 aliphatic rings. The second-order valence-corrected chi connectivity index (χ2v) is 5.90. The summed E-state index contributed by atoms with van der Waals surface area (Å²) in [4.78, 5) is 10.4. The molecule has 0 fully saturated rings. The summed E-state index contributed by atoms with van der Waals surface area (Å²) in [7, 11) is 3.71. The Morgan fingerprint density at radius 2 is 2.13 bits per heavy atom. The van der Waals surface area contributed by atoms with E-state index in [9.17, 15) is 0 Å². The minimum absolute atomic E-state index is 0.513. The molecule has 3 aromatic rings. The number of aromatic nitrogens is 5. The van der Waals surface area contributed by atoms with Gasteiger partial charge in [-0.25, -0.2) is 4.98 Å². The summed E-state index contributed by atoms with van der Waals surface area (Å²) in [5.41, 5.74) is 0. The Hall–Kier alpha value is -2.55. The fourth-order valence-electron chi connectivity index (χ4n) is 1.71. The highest BCUT2D eigenvalue weighted by atomic mass is 32.2. The fraction of sp³-hybridized carbons (Fsp3) is 0.286. The van der Waals surface area contributed by atoms with Gasteiger partial charge in [-0.2, -0.15) is 4.98 Å². The lowest BCUT2D eigenvalue weighted by molar-refractivity contribution is 0.390. The van der Waals surface area contributed by atoms with Gasteiger partial charge in [0.05, 0.1) is 5.75 Å². The molecule has 0 spiro atoms. The van der Waals surface area contributed by atoms with Crippen molar-refractivity contribution in [3.05, 3.63) is 35.4 Å². The Balaban J connectivity index is 1.57. The molecule has 8 nitrogen and oxygen atoms in total. The molecule has 3 aromatic heterocycles. The Bertz CT molecular complexity index is 804. The van der Waals surface area contributed by atoms with Crippen LogP contribution in [0, 0.1) is 6.92 Å². The van der Waals surface area contributed by atoms with Crippen LogP contribution >= 0.6 is 11.8 Å².